The van der Waals surface area contributed by atoms with Gasteiger partial charge in [-0.2, -0.15) is 4.98 Å². The van der Waals surface area contributed by atoms with Crippen LogP contribution in [0.4, 0.5) is 11.8 Å². The van der Waals surface area contributed by atoms with Crippen molar-refractivity contribution >= 4 is 46.4 Å². The van der Waals surface area contributed by atoms with E-state index in [2.05, 4.69) is 20.6 Å². The first-order valence-electron chi connectivity index (χ1n) is 13.2. The van der Waals surface area contributed by atoms with E-state index in [4.69, 9.17) is 11.5 Å². The number of carbonyl (C=O) groups is 4. The van der Waals surface area contributed by atoms with Gasteiger partial charge in [0.15, 0.2) is 0 Å². The van der Waals surface area contributed by atoms with Crippen LogP contribution in [0.3, 0.4) is 0 Å². The zero-order chi connectivity index (χ0) is 30.2. The molecule has 0 saturated heterocycles. The molecule has 0 aliphatic rings. The highest BCUT2D eigenvalue weighted by atomic mass is 16.4. The molecule has 12 heteroatoms. The first-order valence-corrected chi connectivity index (χ1v) is 13.2. The molecule has 4 aromatic rings. The van der Waals surface area contributed by atoms with Crippen molar-refractivity contribution in [2.45, 2.75) is 31.7 Å². The molecule has 1 aromatic heterocycles. The minimum absolute atomic E-state index is 0.0127. The molecule has 12 nitrogen and oxygen atoms in total. The number of amides is 2. The molecule has 42 heavy (non-hydrogen) atoms. The Balaban J connectivity index is 1.27. The van der Waals surface area contributed by atoms with E-state index < -0.39 is 29.8 Å². The average Bonchev–Trinajstić information content (AvgIpc) is 2.97. The van der Waals surface area contributed by atoms with Gasteiger partial charge in [0, 0.05) is 17.5 Å². The molecule has 8 N–H and O–H groups in total. The van der Waals surface area contributed by atoms with E-state index >= 15 is 0 Å². The van der Waals surface area contributed by atoms with Crippen molar-refractivity contribution in [3.8, 4) is 0 Å². The standard InChI is InChI=1S/C30H30N6O6/c31-25-22-16-18(11-14-23(22)35-30(32)36-25)8-7-17-9-12-19(13-10-17)26(37)34-24(29(41)42)6-3-15-33-27(38)20-4-1-2-5-21(20)28(39)40/h1-2,4-5,9-14,16,24H,3,6-8,15H2,(H,33,38)(H,34,37)(H,39,40)(H,41,42)(H4,31,32,35,36). The van der Waals surface area contributed by atoms with Gasteiger partial charge >= 0.3 is 11.9 Å². The number of nitrogens with zero attached hydrogens (tertiary/aromatic N) is 2. The van der Waals surface area contributed by atoms with E-state index in [1.165, 1.54) is 18.2 Å². The van der Waals surface area contributed by atoms with Crippen LogP contribution in [-0.2, 0) is 17.6 Å². The van der Waals surface area contributed by atoms with Crippen LogP contribution in [0.1, 0.15) is 55.0 Å². The summed E-state index contributed by atoms with van der Waals surface area (Å²) in [5, 5.41) is 24.7. The van der Waals surface area contributed by atoms with Crippen molar-refractivity contribution < 1.29 is 29.4 Å². The molecular weight excluding hydrogens is 540 g/mol. The fraction of sp³-hybridized carbons (Fsp3) is 0.200. The predicted molar refractivity (Wildman–Crippen MR) is 156 cm³/mol. The number of nitrogens with one attached hydrogen (secondary N) is 2. The van der Waals surface area contributed by atoms with Gasteiger partial charge in [0.2, 0.25) is 5.95 Å². The molecule has 4 rings (SSSR count). The number of carbonyl (C=O) groups excluding carboxylic acids is 2. The van der Waals surface area contributed by atoms with Crippen molar-refractivity contribution in [1.29, 1.82) is 0 Å². The fourth-order valence-corrected chi connectivity index (χ4v) is 4.45. The zero-order valence-corrected chi connectivity index (χ0v) is 22.5. The Hall–Kier alpha value is -5.52. The summed E-state index contributed by atoms with van der Waals surface area (Å²) in [6, 6.07) is 17.3. The topological polar surface area (TPSA) is 211 Å². The van der Waals surface area contributed by atoms with Crippen molar-refractivity contribution in [2.24, 2.45) is 0 Å². The highest BCUT2D eigenvalue weighted by molar-refractivity contribution is 6.04. The second-order valence-corrected chi connectivity index (χ2v) is 9.63. The van der Waals surface area contributed by atoms with Gasteiger partial charge in [-0.15, -0.1) is 0 Å². The summed E-state index contributed by atoms with van der Waals surface area (Å²) in [6.45, 7) is 0.103. The van der Waals surface area contributed by atoms with Gasteiger partial charge in [-0.05, 0) is 73.2 Å². The van der Waals surface area contributed by atoms with Crippen LogP contribution in [0.25, 0.3) is 10.9 Å². The van der Waals surface area contributed by atoms with Gasteiger partial charge in [0.1, 0.15) is 11.9 Å². The number of hydrogen-bond donors (Lipinski definition) is 6. The molecule has 0 bridgehead atoms. The van der Waals surface area contributed by atoms with Crippen LogP contribution in [-0.4, -0.2) is 56.5 Å². The summed E-state index contributed by atoms with van der Waals surface area (Å²) < 4.78 is 0. The largest absolute Gasteiger partial charge is 0.480 e. The minimum atomic E-state index is -1.22. The van der Waals surface area contributed by atoms with Crippen molar-refractivity contribution in [2.75, 3.05) is 18.0 Å². The summed E-state index contributed by atoms with van der Waals surface area (Å²) in [7, 11) is 0. The molecule has 0 aliphatic carbocycles. The second-order valence-electron chi connectivity index (χ2n) is 9.63. The highest BCUT2D eigenvalue weighted by Gasteiger charge is 2.21. The van der Waals surface area contributed by atoms with E-state index in [0.29, 0.717) is 29.7 Å². The predicted octanol–water partition coefficient (Wildman–Crippen LogP) is 2.67. The van der Waals surface area contributed by atoms with Gasteiger partial charge in [0.05, 0.1) is 16.6 Å². The van der Waals surface area contributed by atoms with Gasteiger partial charge in [0.25, 0.3) is 11.8 Å². The summed E-state index contributed by atoms with van der Waals surface area (Å²) in [5.74, 6) is -3.09. The number of nitrogens with two attached hydrogens (primary N) is 2. The first-order chi connectivity index (χ1) is 20.1. The number of aromatic carboxylic acids is 1. The number of nitrogen functional groups attached to an aromatic ring is 2. The van der Waals surface area contributed by atoms with Crippen molar-refractivity contribution in [3.63, 3.8) is 0 Å². The van der Waals surface area contributed by atoms with Gasteiger partial charge in [-0.25, -0.2) is 14.6 Å². The Morgan fingerprint density at radius 2 is 1.48 bits per heavy atom. The molecule has 1 heterocycles. The SMILES string of the molecule is Nc1nc(N)c2cc(CCc3ccc(C(=O)NC(CCCNC(=O)c4ccccc4C(=O)O)C(=O)O)cc3)ccc2n1. The van der Waals surface area contributed by atoms with E-state index in [0.717, 1.165) is 16.5 Å². The molecule has 2 amide bonds. The maximum atomic E-state index is 12.7. The molecule has 0 spiro atoms. The van der Waals surface area contributed by atoms with Gasteiger partial charge in [-0.1, -0.05) is 30.3 Å². The number of hydrogen-bond acceptors (Lipinski definition) is 8. The molecule has 0 radical (unpaired) electrons. The summed E-state index contributed by atoms with van der Waals surface area (Å²) >= 11 is 0. The lowest BCUT2D eigenvalue weighted by atomic mass is 10.0. The van der Waals surface area contributed by atoms with E-state index in [-0.39, 0.29) is 36.5 Å². The number of aliphatic carboxylic acids is 1. The molecular formula is C30H30N6O6. The van der Waals surface area contributed by atoms with Crippen molar-refractivity contribution in [1.82, 2.24) is 20.6 Å². The van der Waals surface area contributed by atoms with Gasteiger partial charge in [-0.3, -0.25) is 9.59 Å². The molecule has 0 saturated carbocycles. The third-order valence-corrected chi connectivity index (χ3v) is 6.69. The van der Waals surface area contributed by atoms with Crippen LogP contribution >= 0.6 is 0 Å². The lowest BCUT2D eigenvalue weighted by Gasteiger charge is -2.15. The molecule has 3 aromatic carbocycles. The Morgan fingerprint density at radius 1 is 0.810 bits per heavy atom. The number of benzene rings is 3. The Bertz CT molecular complexity index is 1640. The number of fused-ring (bicyclic) bond motifs is 1. The van der Waals surface area contributed by atoms with E-state index in [1.54, 1.807) is 18.2 Å². The van der Waals surface area contributed by atoms with Crippen LogP contribution in [0, 0.1) is 0 Å². The molecule has 1 unspecified atom stereocenters. The molecule has 1 atom stereocenters. The van der Waals surface area contributed by atoms with Crippen LogP contribution < -0.4 is 22.1 Å². The smallest absolute Gasteiger partial charge is 0.336 e. The summed E-state index contributed by atoms with van der Waals surface area (Å²) in [4.78, 5) is 56.3. The normalized spacial score (nSPS) is 11.5. The van der Waals surface area contributed by atoms with Crippen molar-refractivity contribution in [3.05, 3.63) is 94.5 Å². The Kier molecular flexibility index (Phi) is 9.28. The number of carboxylic acid groups (broad SMARTS) is 2. The third-order valence-electron chi connectivity index (χ3n) is 6.69. The lowest BCUT2D eigenvalue weighted by molar-refractivity contribution is -0.139. The maximum Gasteiger partial charge on any atom is 0.336 e. The maximum absolute atomic E-state index is 12.7. The minimum Gasteiger partial charge on any atom is -0.480 e. The number of carboxylic acids is 2. The molecule has 216 valence electrons. The monoisotopic (exact) mass is 570 g/mol. The van der Waals surface area contributed by atoms with Gasteiger partial charge < -0.3 is 32.3 Å². The van der Waals surface area contributed by atoms with Crippen LogP contribution in [0.2, 0.25) is 0 Å². The highest BCUT2D eigenvalue weighted by Crippen LogP contribution is 2.21. The zero-order valence-electron chi connectivity index (χ0n) is 22.5. The molecule has 0 aliphatic heterocycles. The lowest BCUT2D eigenvalue weighted by Crippen LogP contribution is -2.41. The Morgan fingerprint density at radius 3 is 2.17 bits per heavy atom. The number of anilines is 2. The second kappa shape index (κ2) is 13.2. The fourth-order valence-electron chi connectivity index (χ4n) is 4.45. The van der Waals surface area contributed by atoms with E-state index in [9.17, 15) is 29.4 Å². The summed E-state index contributed by atoms with van der Waals surface area (Å²) in [5.41, 5.74) is 14.5. The number of aryl methyl sites for hydroxylation is 2. The first kappa shape index (κ1) is 29.5. The summed E-state index contributed by atoms with van der Waals surface area (Å²) in [6.07, 6.45) is 1.72. The quantitative estimate of drug-likeness (QED) is 0.137. The number of aromatic nitrogens is 2. The van der Waals surface area contributed by atoms with Crippen LogP contribution in [0.15, 0.2) is 66.7 Å². The Labute approximate surface area is 240 Å². The third kappa shape index (κ3) is 7.36. The average molecular weight is 571 g/mol. The number of rotatable bonds is 12. The van der Waals surface area contributed by atoms with E-state index in [1.807, 2.05) is 30.3 Å². The van der Waals surface area contributed by atoms with Crippen LogP contribution in [0.5, 0.6) is 0 Å². The molecule has 0 fully saturated rings.